The number of hydrogen-bond acceptors (Lipinski definition) is 3. The van der Waals surface area contributed by atoms with Gasteiger partial charge in [-0.15, -0.1) is 12.4 Å². The summed E-state index contributed by atoms with van der Waals surface area (Å²) in [6.45, 7) is 4.44. The van der Waals surface area contributed by atoms with Crippen LogP contribution in [0.1, 0.15) is 19.3 Å². The van der Waals surface area contributed by atoms with Crippen molar-refractivity contribution >= 4 is 29.9 Å². The van der Waals surface area contributed by atoms with Gasteiger partial charge in [0.05, 0.1) is 13.0 Å². The molecule has 0 saturated carbocycles. The summed E-state index contributed by atoms with van der Waals surface area (Å²) in [6, 6.07) is 7.24. The molecule has 1 N–H and O–H groups in total. The number of carbonyl (C=O) groups excluding carboxylic acids is 1. The van der Waals surface area contributed by atoms with Crippen LogP contribution in [0.4, 0.5) is 0 Å². The van der Waals surface area contributed by atoms with Crippen LogP contribution in [0.25, 0.3) is 0 Å². The second-order valence-corrected chi connectivity index (χ2v) is 6.63. The molecule has 1 aromatic carbocycles. The molecule has 2 atom stereocenters. The number of nitrogens with zero attached hydrogens (tertiary/aromatic N) is 1. The van der Waals surface area contributed by atoms with Gasteiger partial charge in [-0.2, -0.15) is 0 Å². The largest absolute Gasteiger partial charge is 0.493 e. The van der Waals surface area contributed by atoms with Crippen molar-refractivity contribution in [3.05, 3.63) is 29.3 Å². The number of benzene rings is 1. The zero-order valence-corrected chi connectivity index (χ0v) is 14.7. The lowest BCUT2D eigenvalue weighted by molar-refractivity contribution is -0.131. The van der Waals surface area contributed by atoms with Crippen LogP contribution < -0.4 is 10.1 Å². The zero-order valence-electron chi connectivity index (χ0n) is 13.2. The van der Waals surface area contributed by atoms with Crippen LogP contribution in [0.5, 0.6) is 5.75 Å². The lowest BCUT2D eigenvalue weighted by Crippen LogP contribution is -2.33. The van der Waals surface area contributed by atoms with Crippen LogP contribution in [0.3, 0.4) is 0 Å². The number of halogens is 2. The molecular formula is C17H24Cl2N2O2. The number of nitrogens with one attached hydrogen (secondary N) is 1. The van der Waals surface area contributed by atoms with Crippen molar-refractivity contribution in [1.29, 1.82) is 0 Å². The molecule has 2 saturated heterocycles. The van der Waals surface area contributed by atoms with Crippen molar-refractivity contribution in [3.63, 3.8) is 0 Å². The zero-order chi connectivity index (χ0) is 15.4. The van der Waals surface area contributed by atoms with E-state index in [2.05, 4.69) is 5.32 Å². The maximum atomic E-state index is 12.3. The van der Waals surface area contributed by atoms with Gasteiger partial charge in [0.2, 0.25) is 5.91 Å². The van der Waals surface area contributed by atoms with E-state index in [1.807, 2.05) is 17.0 Å². The molecule has 2 aliphatic heterocycles. The molecule has 1 amide bonds. The summed E-state index contributed by atoms with van der Waals surface area (Å²) >= 11 is 5.83. The highest BCUT2D eigenvalue weighted by atomic mass is 35.5. The quantitative estimate of drug-likeness (QED) is 0.899. The SMILES string of the molecule is Cl.O=C(CCOc1ccc(Cl)cc1)N1CC[C@@H]2CNC[C@@H]2CC1. The second-order valence-electron chi connectivity index (χ2n) is 6.19. The smallest absolute Gasteiger partial charge is 0.225 e. The van der Waals surface area contributed by atoms with Crippen molar-refractivity contribution in [2.24, 2.45) is 11.8 Å². The van der Waals surface area contributed by atoms with Gasteiger partial charge >= 0.3 is 0 Å². The maximum Gasteiger partial charge on any atom is 0.225 e. The molecule has 0 aromatic heterocycles. The Balaban J connectivity index is 0.00000192. The third kappa shape index (κ3) is 5.00. The summed E-state index contributed by atoms with van der Waals surface area (Å²) in [4.78, 5) is 14.3. The van der Waals surface area contributed by atoms with Gasteiger partial charge in [-0.05, 0) is 62.0 Å². The number of hydrogen-bond donors (Lipinski definition) is 1. The summed E-state index contributed by atoms with van der Waals surface area (Å²) < 4.78 is 5.61. The monoisotopic (exact) mass is 358 g/mol. The molecule has 6 heteroatoms. The summed E-state index contributed by atoms with van der Waals surface area (Å²) in [5.41, 5.74) is 0. The van der Waals surface area contributed by atoms with Crippen LogP contribution in [-0.2, 0) is 4.79 Å². The van der Waals surface area contributed by atoms with Crippen LogP contribution in [0, 0.1) is 11.8 Å². The van der Waals surface area contributed by atoms with Gasteiger partial charge in [-0.25, -0.2) is 0 Å². The predicted molar refractivity (Wildman–Crippen MR) is 94.5 cm³/mol. The number of rotatable bonds is 4. The first-order valence-corrected chi connectivity index (χ1v) is 8.47. The van der Waals surface area contributed by atoms with Crippen molar-refractivity contribution in [1.82, 2.24) is 10.2 Å². The number of ether oxygens (including phenoxy) is 1. The van der Waals surface area contributed by atoms with Gasteiger partial charge in [0.15, 0.2) is 0 Å². The summed E-state index contributed by atoms with van der Waals surface area (Å²) in [5.74, 6) is 2.47. The molecule has 0 bridgehead atoms. The number of fused-ring (bicyclic) bond motifs is 1. The van der Waals surface area contributed by atoms with E-state index in [0.29, 0.717) is 18.1 Å². The van der Waals surface area contributed by atoms with Crippen LogP contribution >= 0.6 is 24.0 Å². The van der Waals surface area contributed by atoms with E-state index >= 15 is 0 Å². The minimum Gasteiger partial charge on any atom is -0.493 e. The van der Waals surface area contributed by atoms with Crippen molar-refractivity contribution in [3.8, 4) is 5.75 Å². The van der Waals surface area contributed by atoms with Gasteiger partial charge < -0.3 is 15.0 Å². The number of likely N-dealkylation sites (tertiary alicyclic amines) is 1. The molecule has 0 aliphatic carbocycles. The molecule has 2 aliphatic rings. The molecule has 1 aromatic rings. The van der Waals surface area contributed by atoms with E-state index in [-0.39, 0.29) is 18.3 Å². The molecule has 23 heavy (non-hydrogen) atoms. The lowest BCUT2D eigenvalue weighted by atomic mass is 9.92. The van der Waals surface area contributed by atoms with Crippen LogP contribution in [0.2, 0.25) is 5.02 Å². The minimum atomic E-state index is 0. The number of amides is 1. The molecule has 0 unspecified atom stereocenters. The molecule has 2 fully saturated rings. The fraction of sp³-hybridized carbons (Fsp3) is 0.588. The van der Waals surface area contributed by atoms with Crippen molar-refractivity contribution in [2.45, 2.75) is 19.3 Å². The Kier molecular flexibility index (Phi) is 7.00. The highest BCUT2D eigenvalue weighted by Crippen LogP contribution is 2.27. The Morgan fingerprint density at radius 2 is 1.78 bits per heavy atom. The Labute approximate surface area is 148 Å². The topological polar surface area (TPSA) is 41.6 Å². The fourth-order valence-corrected chi connectivity index (χ4v) is 3.54. The fourth-order valence-electron chi connectivity index (χ4n) is 3.41. The molecule has 2 heterocycles. The molecule has 4 nitrogen and oxygen atoms in total. The van der Waals surface area contributed by atoms with E-state index in [1.165, 1.54) is 0 Å². The molecule has 0 spiro atoms. The summed E-state index contributed by atoms with van der Waals surface area (Å²) in [5, 5.41) is 4.15. The van der Waals surface area contributed by atoms with E-state index in [1.54, 1.807) is 12.1 Å². The maximum absolute atomic E-state index is 12.3. The van der Waals surface area contributed by atoms with E-state index in [9.17, 15) is 4.79 Å². The first-order chi connectivity index (χ1) is 10.7. The van der Waals surface area contributed by atoms with Gasteiger partial charge in [0, 0.05) is 18.1 Å². The minimum absolute atomic E-state index is 0. The molecule has 3 rings (SSSR count). The van der Waals surface area contributed by atoms with E-state index in [4.69, 9.17) is 16.3 Å². The molecular weight excluding hydrogens is 335 g/mol. The highest BCUT2D eigenvalue weighted by Gasteiger charge is 2.31. The summed E-state index contributed by atoms with van der Waals surface area (Å²) in [6.07, 6.45) is 2.69. The average molecular weight is 359 g/mol. The normalized spacial score (nSPS) is 23.6. The first kappa shape index (κ1) is 18.4. The van der Waals surface area contributed by atoms with Crippen LogP contribution in [-0.4, -0.2) is 43.6 Å². The lowest BCUT2D eigenvalue weighted by Gasteiger charge is -2.21. The predicted octanol–water partition coefficient (Wildman–Crippen LogP) is 2.99. The molecule has 0 radical (unpaired) electrons. The first-order valence-electron chi connectivity index (χ1n) is 8.09. The Morgan fingerprint density at radius 3 is 2.39 bits per heavy atom. The Morgan fingerprint density at radius 1 is 1.17 bits per heavy atom. The van der Waals surface area contributed by atoms with Gasteiger partial charge in [0.25, 0.3) is 0 Å². The molecule has 128 valence electrons. The third-order valence-corrected chi connectivity index (χ3v) is 5.02. The Bertz CT molecular complexity index is 496. The summed E-state index contributed by atoms with van der Waals surface area (Å²) in [7, 11) is 0. The highest BCUT2D eigenvalue weighted by molar-refractivity contribution is 6.30. The van der Waals surface area contributed by atoms with E-state index in [0.717, 1.165) is 56.6 Å². The Hall–Kier alpha value is -0.970. The van der Waals surface area contributed by atoms with Gasteiger partial charge in [0.1, 0.15) is 5.75 Å². The number of carbonyl (C=O) groups is 1. The van der Waals surface area contributed by atoms with Gasteiger partial charge in [-0.1, -0.05) is 11.6 Å². The second kappa shape index (κ2) is 8.76. The third-order valence-electron chi connectivity index (χ3n) is 4.77. The standard InChI is InChI=1S/C17H23ClN2O2.ClH/c18-15-1-3-16(4-2-15)22-10-7-17(21)20-8-5-13-11-19-12-14(13)6-9-20;/h1-4,13-14,19H,5-12H2;1H/t13-,14+;. The van der Waals surface area contributed by atoms with Gasteiger partial charge in [-0.3, -0.25) is 4.79 Å². The van der Waals surface area contributed by atoms with Crippen molar-refractivity contribution < 1.29 is 9.53 Å². The van der Waals surface area contributed by atoms with Crippen LogP contribution in [0.15, 0.2) is 24.3 Å². The van der Waals surface area contributed by atoms with Crippen molar-refractivity contribution in [2.75, 3.05) is 32.8 Å². The van der Waals surface area contributed by atoms with E-state index < -0.39 is 0 Å². The average Bonchev–Trinajstić information content (AvgIpc) is 2.87.